The second-order valence-corrected chi connectivity index (χ2v) is 10.7. The first-order valence-electron chi connectivity index (χ1n) is 13.8. The number of carbonyl (C=O) groups is 1. The summed E-state index contributed by atoms with van der Waals surface area (Å²) >= 11 is 0. The first kappa shape index (κ1) is 29.5. The Morgan fingerprint density at radius 3 is 2.43 bits per heavy atom. The number of amides is 1. The molecule has 1 amide bonds. The Balaban J connectivity index is 1.08. The maximum absolute atomic E-state index is 13.4. The number of hydrogen-bond donors (Lipinski definition) is 0. The zero-order valence-corrected chi connectivity index (χ0v) is 23.0. The molecule has 0 radical (unpaired) electrons. The molecular formula is C29H31F4N5O4. The fraction of sp³-hybridized carbons (Fsp3) is 0.448. The zero-order chi connectivity index (χ0) is 30.0. The Morgan fingerprint density at radius 2 is 1.76 bits per heavy atom. The van der Waals surface area contributed by atoms with Crippen LogP contribution in [-0.2, 0) is 15.7 Å². The minimum Gasteiger partial charge on any atom is -0.372 e. The number of fused-ring (bicyclic) bond motifs is 1. The number of nitro benzene ring substituents is 1. The van der Waals surface area contributed by atoms with Crippen molar-refractivity contribution in [1.82, 2.24) is 9.88 Å². The van der Waals surface area contributed by atoms with E-state index < -0.39 is 22.4 Å². The van der Waals surface area contributed by atoms with E-state index in [4.69, 9.17) is 4.74 Å². The molecule has 2 aromatic carbocycles. The molecule has 224 valence electrons. The van der Waals surface area contributed by atoms with Gasteiger partial charge in [0, 0.05) is 56.4 Å². The number of nitro groups is 1. The van der Waals surface area contributed by atoms with Gasteiger partial charge >= 0.3 is 6.18 Å². The van der Waals surface area contributed by atoms with E-state index in [-0.39, 0.29) is 36.2 Å². The van der Waals surface area contributed by atoms with Crippen molar-refractivity contribution in [2.45, 2.75) is 44.0 Å². The number of pyridine rings is 1. The Labute approximate surface area is 239 Å². The van der Waals surface area contributed by atoms with Crippen molar-refractivity contribution in [2.75, 3.05) is 49.6 Å². The average Bonchev–Trinajstić information content (AvgIpc) is 2.98. The minimum atomic E-state index is -4.83. The van der Waals surface area contributed by atoms with Crippen molar-refractivity contribution < 1.29 is 32.0 Å². The third kappa shape index (κ3) is 6.56. The predicted octanol–water partition coefficient (Wildman–Crippen LogP) is 5.41. The van der Waals surface area contributed by atoms with E-state index in [2.05, 4.69) is 9.88 Å². The lowest BCUT2D eigenvalue weighted by Crippen LogP contribution is -2.50. The van der Waals surface area contributed by atoms with Gasteiger partial charge in [-0.2, -0.15) is 13.2 Å². The van der Waals surface area contributed by atoms with Gasteiger partial charge < -0.3 is 19.4 Å². The van der Waals surface area contributed by atoms with Crippen molar-refractivity contribution >= 4 is 34.0 Å². The first-order valence-corrected chi connectivity index (χ1v) is 13.8. The molecule has 42 heavy (non-hydrogen) atoms. The molecule has 1 aliphatic heterocycles. The summed E-state index contributed by atoms with van der Waals surface area (Å²) in [5, 5.41) is 11.8. The summed E-state index contributed by atoms with van der Waals surface area (Å²) in [6.45, 7) is 2.24. The molecule has 0 N–H and O–H groups in total. The number of rotatable bonds is 7. The number of carbonyl (C=O) groups excluding carboxylic acids is 1. The molecule has 1 saturated carbocycles. The molecule has 13 heteroatoms. The molecule has 1 saturated heterocycles. The van der Waals surface area contributed by atoms with E-state index in [9.17, 15) is 32.5 Å². The highest BCUT2D eigenvalue weighted by Crippen LogP contribution is 2.39. The van der Waals surface area contributed by atoms with E-state index >= 15 is 0 Å². The molecule has 2 aliphatic rings. The van der Waals surface area contributed by atoms with Gasteiger partial charge in [-0.15, -0.1) is 0 Å². The van der Waals surface area contributed by atoms with Gasteiger partial charge in [0.25, 0.3) is 5.69 Å². The fourth-order valence-corrected chi connectivity index (χ4v) is 5.67. The van der Waals surface area contributed by atoms with Gasteiger partial charge in [0.1, 0.15) is 23.8 Å². The van der Waals surface area contributed by atoms with Crippen LogP contribution in [0, 0.1) is 15.9 Å². The molecule has 0 unspecified atom stereocenters. The third-order valence-electron chi connectivity index (χ3n) is 8.12. The summed E-state index contributed by atoms with van der Waals surface area (Å²) < 4.78 is 59.6. The van der Waals surface area contributed by atoms with Crippen LogP contribution in [0.5, 0.6) is 0 Å². The predicted molar refractivity (Wildman–Crippen MR) is 149 cm³/mol. The van der Waals surface area contributed by atoms with Gasteiger partial charge in [-0.05, 0) is 68.1 Å². The highest BCUT2D eigenvalue weighted by molar-refractivity contribution is 5.80. The summed E-state index contributed by atoms with van der Waals surface area (Å²) in [4.78, 5) is 33.1. The number of alkyl halides is 3. The van der Waals surface area contributed by atoms with Gasteiger partial charge in [-0.3, -0.25) is 14.9 Å². The van der Waals surface area contributed by atoms with E-state index in [0.717, 1.165) is 23.3 Å². The van der Waals surface area contributed by atoms with Crippen LogP contribution in [0.15, 0.2) is 48.5 Å². The topological polar surface area (TPSA) is 92.0 Å². The molecule has 9 nitrogen and oxygen atoms in total. The van der Waals surface area contributed by atoms with Gasteiger partial charge in [-0.25, -0.2) is 9.37 Å². The molecule has 5 rings (SSSR count). The SMILES string of the molecule is CN(c1ccc([N+](=O)[O-])c(C(F)(F)F)c1)C1CCC(OCC(=O)N2CCN(c3ccc4cc(F)ccc4n3)CC2)CC1. The van der Waals surface area contributed by atoms with Crippen molar-refractivity contribution in [2.24, 2.45) is 0 Å². The number of aromatic nitrogens is 1. The lowest BCUT2D eigenvalue weighted by atomic mass is 9.91. The van der Waals surface area contributed by atoms with Crippen LogP contribution in [-0.4, -0.2) is 72.7 Å². The van der Waals surface area contributed by atoms with Gasteiger partial charge in [0.05, 0.1) is 16.5 Å². The number of benzene rings is 2. The molecule has 1 aliphatic carbocycles. The Morgan fingerprint density at radius 1 is 1.05 bits per heavy atom. The average molecular weight is 590 g/mol. The number of piperazine rings is 1. The smallest absolute Gasteiger partial charge is 0.372 e. The van der Waals surface area contributed by atoms with Gasteiger partial charge in [-0.1, -0.05) is 0 Å². The Kier molecular flexibility index (Phi) is 8.48. The molecule has 2 heterocycles. The van der Waals surface area contributed by atoms with E-state index in [1.807, 2.05) is 12.1 Å². The largest absolute Gasteiger partial charge is 0.423 e. The molecule has 1 aromatic heterocycles. The highest BCUT2D eigenvalue weighted by atomic mass is 19.4. The monoisotopic (exact) mass is 589 g/mol. The van der Waals surface area contributed by atoms with Crippen molar-refractivity contribution in [3.8, 4) is 0 Å². The van der Waals surface area contributed by atoms with Crippen LogP contribution in [0.3, 0.4) is 0 Å². The summed E-state index contributed by atoms with van der Waals surface area (Å²) in [6.07, 6.45) is -2.37. The summed E-state index contributed by atoms with van der Waals surface area (Å²) in [5.74, 6) is 0.376. The Hall–Kier alpha value is -4.00. The molecular weight excluding hydrogens is 558 g/mol. The third-order valence-corrected chi connectivity index (χ3v) is 8.12. The maximum Gasteiger partial charge on any atom is 0.423 e. The Bertz CT molecular complexity index is 1450. The standard InChI is InChI=1S/C29H31F4N5O4/c1-35(22-6-10-26(38(40)41)24(17-22)29(31,32)33)21-4-7-23(8-5-21)42-18-28(39)37-14-12-36(13-15-37)27-11-2-19-16-20(30)3-9-25(19)34-27/h2-3,6,9-11,16-17,21,23H,4-5,7-8,12-15,18H2,1H3. The second-order valence-electron chi connectivity index (χ2n) is 10.7. The van der Waals surface area contributed by atoms with Crippen LogP contribution in [0.1, 0.15) is 31.2 Å². The lowest BCUT2D eigenvalue weighted by Gasteiger charge is -2.37. The van der Waals surface area contributed by atoms with Crippen LogP contribution in [0.2, 0.25) is 0 Å². The quantitative estimate of drug-likeness (QED) is 0.207. The van der Waals surface area contributed by atoms with Crippen LogP contribution in [0.25, 0.3) is 10.9 Å². The molecule has 3 aromatic rings. The number of nitrogens with zero attached hydrogens (tertiary/aromatic N) is 5. The summed E-state index contributed by atoms with van der Waals surface area (Å²) in [7, 11) is 1.68. The second kappa shape index (κ2) is 12.1. The number of ether oxygens (including phenoxy) is 1. The minimum absolute atomic E-state index is 0.0394. The van der Waals surface area contributed by atoms with Crippen molar-refractivity contribution in [3.05, 3.63) is 70.0 Å². The summed E-state index contributed by atoms with van der Waals surface area (Å²) in [6, 6.07) is 11.2. The first-order chi connectivity index (χ1) is 20.0. The van der Waals surface area contributed by atoms with E-state index in [1.54, 1.807) is 22.9 Å². The number of anilines is 2. The van der Waals surface area contributed by atoms with Crippen molar-refractivity contribution in [3.63, 3.8) is 0 Å². The van der Waals surface area contributed by atoms with Crippen molar-refractivity contribution in [1.29, 1.82) is 0 Å². The van der Waals surface area contributed by atoms with Crippen LogP contribution >= 0.6 is 0 Å². The molecule has 0 bridgehead atoms. The van der Waals surface area contributed by atoms with Gasteiger partial charge in [0.15, 0.2) is 0 Å². The number of hydrogen-bond acceptors (Lipinski definition) is 7. The van der Waals surface area contributed by atoms with E-state index in [1.165, 1.54) is 18.2 Å². The fourth-order valence-electron chi connectivity index (χ4n) is 5.67. The highest BCUT2D eigenvalue weighted by Gasteiger charge is 2.39. The van der Waals surface area contributed by atoms with Crippen LogP contribution in [0.4, 0.5) is 34.8 Å². The van der Waals surface area contributed by atoms with Gasteiger partial charge in [0.2, 0.25) is 5.91 Å². The molecule has 0 atom stereocenters. The van der Waals surface area contributed by atoms with E-state index in [0.29, 0.717) is 57.4 Å². The van der Waals surface area contributed by atoms with Crippen LogP contribution < -0.4 is 9.80 Å². The number of halogens is 4. The normalized spacial score (nSPS) is 19.6. The summed E-state index contributed by atoms with van der Waals surface area (Å²) in [5.41, 5.74) is -1.26. The maximum atomic E-state index is 13.4. The lowest BCUT2D eigenvalue weighted by molar-refractivity contribution is -0.388. The molecule has 0 spiro atoms. The molecule has 2 fully saturated rings. The zero-order valence-electron chi connectivity index (χ0n) is 23.0.